The highest BCUT2D eigenvalue weighted by Crippen LogP contribution is 2.65. The summed E-state index contributed by atoms with van der Waals surface area (Å²) in [6, 6.07) is -1.94. The third kappa shape index (κ3) is 7.25. The molecule has 4 aliphatic rings. The molecule has 0 spiro atoms. The molecule has 0 bridgehead atoms. The summed E-state index contributed by atoms with van der Waals surface area (Å²) in [6.45, 7) is 12.3. The number of unbranched alkanes of at least 4 members (excludes halogenated alkanes) is 1. The molecule has 5 amide bonds. The molecule has 3 fully saturated rings. The number of Topliss-reactive ketones (excluding diaryl/α,β-unsaturated/α-hetero) is 1. The number of carbonyl (C=O) groups excluding carboxylic acids is 5. The van der Waals surface area contributed by atoms with Crippen molar-refractivity contribution in [3.8, 4) is 0 Å². The van der Waals surface area contributed by atoms with Crippen LogP contribution in [-0.2, 0) is 35.7 Å². The Bertz CT molecular complexity index is 1590. The van der Waals surface area contributed by atoms with Crippen molar-refractivity contribution < 1.29 is 32.4 Å². The first kappa shape index (κ1) is 37.2. The summed E-state index contributed by atoms with van der Waals surface area (Å²) >= 11 is 1.40. The highest BCUT2D eigenvalue weighted by atomic mass is 32.2. The normalized spacial score (nSPS) is 26.2. The Morgan fingerprint density at radius 2 is 1.76 bits per heavy atom. The number of nitrogens with two attached hydrogens (primary N) is 1. The van der Waals surface area contributed by atoms with Crippen molar-refractivity contribution in [2.45, 2.75) is 128 Å². The number of nitrogens with one attached hydrogen (secondary N) is 3. The molecule has 272 valence electrons. The van der Waals surface area contributed by atoms with E-state index in [1.807, 2.05) is 41.5 Å². The number of hydrogen-bond acceptors (Lipinski definition) is 8. The van der Waals surface area contributed by atoms with Gasteiger partial charge in [-0.25, -0.2) is 13.2 Å². The number of sulfonamides is 1. The maximum atomic E-state index is 14.4. The first-order valence-corrected chi connectivity index (χ1v) is 19.8. The van der Waals surface area contributed by atoms with E-state index in [0.29, 0.717) is 30.7 Å². The fourth-order valence-electron chi connectivity index (χ4n) is 8.23. The number of piperidine rings is 1. The third-order valence-electron chi connectivity index (χ3n) is 11.2. The number of rotatable bonds is 12. The summed E-state index contributed by atoms with van der Waals surface area (Å²) in [7, 11) is -3.67. The molecule has 1 saturated heterocycles. The topological polar surface area (TPSA) is 188 Å². The number of amides is 5. The Labute approximate surface area is 293 Å². The van der Waals surface area contributed by atoms with Crippen molar-refractivity contribution in [2.24, 2.45) is 28.4 Å². The minimum atomic E-state index is -3.67. The van der Waals surface area contributed by atoms with Gasteiger partial charge in [0.05, 0.1) is 16.5 Å². The predicted molar refractivity (Wildman–Crippen MR) is 185 cm³/mol. The van der Waals surface area contributed by atoms with Crippen molar-refractivity contribution in [1.82, 2.24) is 25.2 Å². The first-order valence-electron chi connectivity index (χ1n) is 17.4. The summed E-state index contributed by atoms with van der Waals surface area (Å²) in [5.41, 5.74) is 3.52. The molecule has 2 aliphatic heterocycles. The summed E-state index contributed by atoms with van der Waals surface area (Å²) in [4.78, 5) is 69.2. The third-order valence-corrected chi connectivity index (χ3v) is 14.1. The molecule has 0 radical (unpaired) electrons. The second-order valence-corrected chi connectivity index (χ2v) is 18.9. The van der Waals surface area contributed by atoms with E-state index >= 15 is 0 Å². The van der Waals surface area contributed by atoms with Crippen LogP contribution in [0, 0.1) is 22.7 Å². The van der Waals surface area contributed by atoms with Crippen LogP contribution in [0.25, 0.3) is 0 Å². The predicted octanol–water partition coefficient (Wildman–Crippen LogP) is 2.88. The van der Waals surface area contributed by atoms with Gasteiger partial charge in [0.15, 0.2) is 0 Å². The second kappa shape index (κ2) is 13.6. The van der Waals surface area contributed by atoms with Crippen molar-refractivity contribution in [3.63, 3.8) is 0 Å². The Morgan fingerprint density at radius 1 is 1.08 bits per heavy atom. The Morgan fingerprint density at radius 3 is 2.35 bits per heavy atom. The number of ketones is 1. The number of urea groups is 1. The van der Waals surface area contributed by atoms with Crippen LogP contribution >= 0.6 is 11.3 Å². The van der Waals surface area contributed by atoms with Gasteiger partial charge in [-0.3, -0.25) is 19.2 Å². The van der Waals surface area contributed by atoms with Gasteiger partial charge in [0.1, 0.15) is 12.1 Å². The maximum Gasteiger partial charge on any atom is 0.315 e. The van der Waals surface area contributed by atoms with E-state index in [2.05, 4.69) is 16.0 Å². The van der Waals surface area contributed by atoms with Crippen molar-refractivity contribution >= 4 is 50.9 Å². The zero-order chi connectivity index (χ0) is 36.1. The number of hydrogen-bond donors (Lipinski definition) is 4. The highest BCUT2D eigenvalue weighted by molar-refractivity contribution is 7.89. The summed E-state index contributed by atoms with van der Waals surface area (Å²) in [6.07, 6.45) is 5.44. The molecule has 49 heavy (non-hydrogen) atoms. The lowest BCUT2D eigenvalue weighted by atomic mass is 9.81. The molecule has 3 heterocycles. The molecule has 5 rings (SSSR count). The molecule has 5 atom stereocenters. The zero-order valence-corrected chi connectivity index (χ0v) is 31.1. The lowest BCUT2D eigenvalue weighted by Gasteiger charge is -2.42. The minimum absolute atomic E-state index is 0.0544. The van der Waals surface area contributed by atoms with Gasteiger partial charge in [-0.15, -0.1) is 11.3 Å². The van der Waals surface area contributed by atoms with Crippen molar-refractivity contribution in [1.29, 1.82) is 0 Å². The molecule has 1 unspecified atom stereocenters. The fraction of sp³-hybridized carbons (Fsp3) is 0.735. The van der Waals surface area contributed by atoms with Gasteiger partial charge < -0.3 is 26.6 Å². The van der Waals surface area contributed by atoms with Gasteiger partial charge in [0.25, 0.3) is 5.91 Å². The molecule has 2 aliphatic carbocycles. The van der Waals surface area contributed by atoms with Crippen LogP contribution < -0.4 is 21.7 Å². The van der Waals surface area contributed by atoms with Crippen LogP contribution in [0.4, 0.5) is 4.79 Å². The van der Waals surface area contributed by atoms with Crippen LogP contribution in [0.1, 0.15) is 97.8 Å². The molecule has 1 aromatic rings. The smallest absolute Gasteiger partial charge is 0.315 e. The minimum Gasteiger partial charge on any atom is -0.363 e. The van der Waals surface area contributed by atoms with E-state index in [-0.39, 0.29) is 36.8 Å². The Balaban J connectivity index is 1.34. The Kier molecular flexibility index (Phi) is 10.3. The number of nitrogens with zero attached hydrogens (tertiary/aromatic N) is 2. The van der Waals surface area contributed by atoms with Crippen LogP contribution in [-0.4, -0.2) is 83.9 Å². The number of likely N-dealkylation sites (tertiary alicyclic amines) is 1. The van der Waals surface area contributed by atoms with Crippen LogP contribution in [0.2, 0.25) is 0 Å². The first-order chi connectivity index (χ1) is 22.8. The largest absolute Gasteiger partial charge is 0.363 e. The Hall–Kier alpha value is -3.04. The van der Waals surface area contributed by atoms with Gasteiger partial charge >= 0.3 is 6.03 Å². The van der Waals surface area contributed by atoms with Crippen LogP contribution in [0.15, 0.2) is 16.3 Å². The highest BCUT2D eigenvalue weighted by Gasteiger charge is 2.70. The molecule has 2 saturated carbocycles. The van der Waals surface area contributed by atoms with E-state index in [1.54, 1.807) is 11.4 Å². The molecular formula is C34H52N6O7S2. The van der Waals surface area contributed by atoms with Gasteiger partial charge in [0, 0.05) is 24.5 Å². The number of fused-ring (bicyclic) bond motifs is 2. The monoisotopic (exact) mass is 720 g/mol. The molecule has 1 aromatic heterocycles. The molecule has 13 nitrogen and oxygen atoms in total. The summed E-state index contributed by atoms with van der Waals surface area (Å²) < 4.78 is 28.1. The van der Waals surface area contributed by atoms with Crippen LogP contribution in [0.3, 0.4) is 0 Å². The standard InChI is InChI=1S/C34H52N6O7S2/c1-7-8-12-21(26(41)28(35)42)36-29(43)25-24-20(33(24,5)6)17-40(25)30(44)27(32(2,3)4)37-31(45)38-34(14-10-9-11-15-34)19-39-18-22-23(13-16-48-22)49(39,46)47/h13,16,20-21,24-25,27H,7-12,14-15,17-19H2,1-6H3,(H2,35,42)(H,36,43)(H2,37,38,45)/t20-,21?,24-,25-,27+/m0/s1. The zero-order valence-electron chi connectivity index (χ0n) is 29.5. The molecule has 0 aromatic carbocycles. The molecular weight excluding hydrogens is 669 g/mol. The molecule has 15 heteroatoms. The lowest BCUT2D eigenvalue weighted by molar-refractivity contribution is -0.145. The van der Waals surface area contributed by atoms with Gasteiger partial charge in [-0.2, -0.15) is 4.31 Å². The summed E-state index contributed by atoms with van der Waals surface area (Å²) in [5.74, 6) is -3.02. The number of carbonyl (C=O) groups is 5. The molecule has 5 N–H and O–H groups in total. The van der Waals surface area contributed by atoms with Crippen LogP contribution in [0.5, 0.6) is 0 Å². The fourth-order valence-corrected chi connectivity index (χ4v) is 11.2. The lowest BCUT2D eigenvalue weighted by Crippen LogP contribution is -2.64. The van der Waals surface area contributed by atoms with Gasteiger partial charge in [-0.05, 0) is 53.4 Å². The quantitative estimate of drug-likeness (QED) is 0.239. The number of thiophene rings is 1. The number of primary amides is 1. The second-order valence-electron chi connectivity index (χ2n) is 16.0. The maximum absolute atomic E-state index is 14.4. The average molecular weight is 721 g/mol. The van der Waals surface area contributed by atoms with E-state index < -0.39 is 68.6 Å². The van der Waals surface area contributed by atoms with E-state index in [9.17, 15) is 32.4 Å². The summed E-state index contributed by atoms with van der Waals surface area (Å²) in [5, 5.41) is 10.5. The van der Waals surface area contributed by atoms with E-state index in [0.717, 1.165) is 30.6 Å². The van der Waals surface area contributed by atoms with Gasteiger partial charge in [0.2, 0.25) is 27.6 Å². The van der Waals surface area contributed by atoms with Crippen molar-refractivity contribution in [2.75, 3.05) is 13.1 Å². The van der Waals surface area contributed by atoms with Crippen molar-refractivity contribution in [3.05, 3.63) is 16.3 Å². The van der Waals surface area contributed by atoms with Gasteiger partial charge in [-0.1, -0.05) is 73.6 Å². The van der Waals surface area contributed by atoms with E-state index in [4.69, 9.17) is 5.73 Å². The SMILES string of the molecule is CCCCC(NC(=O)[C@@H]1[C@@H]2[C@H](CN1C(=O)[C@@H](NC(=O)NC1(CN3Cc4sccc4S3(=O)=O)CCCCC1)C(C)(C)C)C2(C)C)C(=O)C(N)=O. The van der Waals surface area contributed by atoms with E-state index in [1.165, 1.54) is 20.5 Å². The average Bonchev–Trinajstić information content (AvgIpc) is 3.47.